The van der Waals surface area contributed by atoms with Gasteiger partial charge in [-0.25, -0.2) is 0 Å². The van der Waals surface area contributed by atoms with Gasteiger partial charge in [-0.1, -0.05) is 13.3 Å². The molecule has 0 aromatic heterocycles. The first-order chi connectivity index (χ1) is 8.85. The van der Waals surface area contributed by atoms with E-state index in [1.165, 1.54) is 32.4 Å². The summed E-state index contributed by atoms with van der Waals surface area (Å²) in [5.74, 6) is 0. The van der Waals surface area contributed by atoms with Crippen LogP contribution in [0.25, 0.3) is 0 Å². The first kappa shape index (κ1) is 16.9. The molecule has 1 aliphatic rings. The summed E-state index contributed by atoms with van der Waals surface area (Å²) in [4.78, 5) is 2.63. The van der Waals surface area contributed by atoms with Gasteiger partial charge in [0.2, 0.25) is 0 Å². The van der Waals surface area contributed by atoms with Crippen LogP contribution in [0.5, 0.6) is 0 Å². The van der Waals surface area contributed by atoms with Crippen LogP contribution in [-0.2, 0) is 4.74 Å². The predicted octanol–water partition coefficient (Wildman–Crippen LogP) is 3.17. The molecule has 0 radical (unpaired) electrons. The quantitative estimate of drug-likeness (QED) is 0.772. The van der Waals surface area contributed by atoms with E-state index < -0.39 is 0 Å². The van der Waals surface area contributed by atoms with Gasteiger partial charge in [0.15, 0.2) is 0 Å². The SMILES string of the molecule is CCC(C)(C(N)CCC(C)(C)OC)N1CCCCC1. The van der Waals surface area contributed by atoms with Crippen molar-refractivity contribution in [3.8, 4) is 0 Å². The van der Waals surface area contributed by atoms with E-state index >= 15 is 0 Å². The average Bonchev–Trinajstić information content (AvgIpc) is 2.44. The van der Waals surface area contributed by atoms with E-state index in [-0.39, 0.29) is 17.2 Å². The fourth-order valence-corrected chi connectivity index (χ4v) is 3.04. The van der Waals surface area contributed by atoms with Crippen molar-refractivity contribution in [1.82, 2.24) is 4.90 Å². The van der Waals surface area contributed by atoms with E-state index in [1.54, 1.807) is 7.11 Å². The fourth-order valence-electron chi connectivity index (χ4n) is 3.04. The third kappa shape index (κ3) is 4.44. The second-order valence-corrected chi connectivity index (χ2v) is 6.87. The molecule has 1 fully saturated rings. The number of rotatable bonds is 7. The Morgan fingerprint density at radius 2 is 1.74 bits per heavy atom. The molecule has 19 heavy (non-hydrogen) atoms. The Kier molecular flexibility index (Phi) is 6.28. The summed E-state index contributed by atoms with van der Waals surface area (Å²) < 4.78 is 5.51. The largest absolute Gasteiger partial charge is 0.379 e. The zero-order valence-corrected chi connectivity index (χ0v) is 13.7. The molecule has 1 aliphatic heterocycles. The Morgan fingerprint density at radius 3 is 2.21 bits per heavy atom. The molecule has 0 aliphatic carbocycles. The van der Waals surface area contributed by atoms with Crippen LogP contribution >= 0.6 is 0 Å². The molecule has 2 atom stereocenters. The molecule has 0 amide bonds. The standard InChI is InChI=1S/C16H34N2O/c1-6-16(4,18-12-8-7-9-13-18)14(17)10-11-15(2,3)19-5/h14H,6-13,17H2,1-5H3. The maximum atomic E-state index is 6.56. The van der Waals surface area contributed by atoms with Gasteiger partial charge in [0.05, 0.1) is 5.60 Å². The van der Waals surface area contributed by atoms with Gasteiger partial charge in [-0.15, -0.1) is 0 Å². The zero-order valence-electron chi connectivity index (χ0n) is 13.7. The van der Waals surface area contributed by atoms with E-state index in [1.807, 2.05) is 0 Å². The monoisotopic (exact) mass is 270 g/mol. The van der Waals surface area contributed by atoms with Crippen molar-refractivity contribution in [2.75, 3.05) is 20.2 Å². The van der Waals surface area contributed by atoms with Crippen molar-refractivity contribution in [2.24, 2.45) is 5.73 Å². The van der Waals surface area contributed by atoms with Crippen LogP contribution in [0, 0.1) is 0 Å². The van der Waals surface area contributed by atoms with Gasteiger partial charge in [-0.3, -0.25) is 4.90 Å². The van der Waals surface area contributed by atoms with Gasteiger partial charge >= 0.3 is 0 Å². The summed E-state index contributed by atoms with van der Waals surface area (Å²) in [7, 11) is 1.79. The summed E-state index contributed by atoms with van der Waals surface area (Å²) in [6.45, 7) is 11.3. The Labute approximate surface area is 119 Å². The third-order valence-electron chi connectivity index (χ3n) is 5.20. The van der Waals surface area contributed by atoms with Gasteiger partial charge in [-0.05, 0) is 66.0 Å². The van der Waals surface area contributed by atoms with Gasteiger partial charge in [0, 0.05) is 18.7 Å². The normalized spacial score (nSPS) is 23.1. The lowest BCUT2D eigenvalue weighted by Crippen LogP contribution is -2.59. The lowest BCUT2D eigenvalue weighted by molar-refractivity contribution is 0.00116. The molecule has 3 heteroatoms. The van der Waals surface area contributed by atoms with Crippen LogP contribution in [0.4, 0.5) is 0 Å². The highest BCUT2D eigenvalue weighted by Gasteiger charge is 2.37. The van der Waals surface area contributed by atoms with Crippen molar-refractivity contribution in [3.63, 3.8) is 0 Å². The topological polar surface area (TPSA) is 38.5 Å². The highest BCUT2D eigenvalue weighted by Crippen LogP contribution is 2.30. The van der Waals surface area contributed by atoms with Gasteiger partial charge in [0.25, 0.3) is 0 Å². The molecule has 2 N–H and O–H groups in total. The molecule has 0 aromatic rings. The fraction of sp³-hybridized carbons (Fsp3) is 1.00. The van der Waals surface area contributed by atoms with E-state index in [9.17, 15) is 0 Å². The predicted molar refractivity (Wildman–Crippen MR) is 82.4 cm³/mol. The second kappa shape index (κ2) is 7.05. The van der Waals surface area contributed by atoms with Crippen LogP contribution in [0.2, 0.25) is 0 Å². The molecule has 0 saturated carbocycles. The molecule has 0 aromatic carbocycles. The number of hydrogen-bond donors (Lipinski definition) is 1. The molecule has 1 saturated heterocycles. The molecule has 2 unspecified atom stereocenters. The number of nitrogens with two attached hydrogens (primary N) is 1. The molecule has 0 spiro atoms. The number of methoxy groups -OCH3 is 1. The Balaban J connectivity index is 2.61. The van der Waals surface area contributed by atoms with E-state index in [0.29, 0.717) is 0 Å². The third-order valence-corrected chi connectivity index (χ3v) is 5.20. The molecule has 1 heterocycles. The smallest absolute Gasteiger partial charge is 0.0623 e. The number of hydrogen-bond acceptors (Lipinski definition) is 3. The van der Waals surface area contributed by atoms with Gasteiger partial charge in [0.1, 0.15) is 0 Å². The molecule has 3 nitrogen and oxygen atoms in total. The Bertz CT molecular complexity index is 261. The number of piperidine rings is 1. The van der Waals surface area contributed by atoms with E-state index in [4.69, 9.17) is 10.5 Å². The highest BCUT2D eigenvalue weighted by molar-refractivity contribution is 4.96. The average molecular weight is 270 g/mol. The maximum Gasteiger partial charge on any atom is 0.0623 e. The first-order valence-electron chi connectivity index (χ1n) is 7.91. The molecular formula is C16H34N2O. The summed E-state index contributed by atoms with van der Waals surface area (Å²) in [5.41, 5.74) is 6.64. The minimum atomic E-state index is -0.0613. The Morgan fingerprint density at radius 1 is 1.16 bits per heavy atom. The maximum absolute atomic E-state index is 6.56. The van der Waals surface area contributed by atoms with Crippen LogP contribution in [0.3, 0.4) is 0 Å². The van der Waals surface area contributed by atoms with Crippen molar-refractivity contribution in [3.05, 3.63) is 0 Å². The van der Waals surface area contributed by atoms with Crippen molar-refractivity contribution in [1.29, 1.82) is 0 Å². The molecule has 1 rings (SSSR count). The number of nitrogens with zero attached hydrogens (tertiary/aromatic N) is 1. The number of likely N-dealkylation sites (tertiary alicyclic amines) is 1. The summed E-state index contributed by atoms with van der Waals surface area (Å²) in [6.07, 6.45) is 7.21. The second-order valence-electron chi connectivity index (χ2n) is 6.87. The van der Waals surface area contributed by atoms with Gasteiger partial charge < -0.3 is 10.5 Å². The summed E-state index contributed by atoms with van der Waals surface area (Å²) >= 11 is 0. The van der Waals surface area contributed by atoms with Crippen LogP contribution in [0.15, 0.2) is 0 Å². The zero-order chi connectivity index (χ0) is 14.5. The van der Waals surface area contributed by atoms with Crippen LogP contribution in [0.1, 0.15) is 66.2 Å². The highest BCUT2D eigenvalue weighted by atomic mass is 16.5. The minimum absolute atomic E-state index is 0.0613. The van der Waals surface area contributed by atoms with Gasteiger partial charge in [-0.2, -0.15) is 0 Å². The Hall–Kier alpha value is -0.120. The van der Waals surface area contributed by atoms with Crippen LogP contribution < -0.4 is 5.73 Å². The summed E-state index contributed by atoms with van der Waals surface area (Å²) in [5, 5.41) is 0. The van der Waals surface area contributed by atoms with Crippen molar-refractivity contribution >= 4 is 0 Å². The lowest BCUT2D eigenvalue weighted by Gasteiger charge is -2.47. The minimum Gasteiger partial charge on any atom is -0.379 e. The van der Waals surface area contributed by atoms with Crippen molar-refractivity contribution in [2.45, 2.75) is 83.4 Å². The summed E-state index contributed by atoms with van der Waals surface area (Å²) in [6, 6.07) is 0.227. The number of ether oxygens (including phenoxy) is 1. The molecule has 114 valence electrons. The van der Waals surface area contributed by atoms with E-state index in [2.05, 4.69) is 32.6 Å². The first-order valence-corrected chi connectivity index (χ1v) is 7.91. The molecule has 0 bridgehead atoms. The van der Waals surface area contributed by atoms with Crippen LogP contribution in [-0.4, -0.2) is 42.3 Å². The lowest BCUT2D eigenvalue weighted by atomic mass is 9.82. The van der Waals surface area contributed by atoms with Crippen molar-refractivity contribution < 1.29 is 4.74 Å². The molecular weight excluding hydrogens is 236 g/mol. The van der Waals surface area contributed by atoms with E-state index in [0.717, 1.165) is 19.3 Å².